The van der Waals surface area contributed by atoms with Crippen LogP contribution in [0.3, 0.4) is 0 Å². The summed E-state index contributed by atoms with van der Waals surface area (Å²) in [5, 5.41) is 6.20. The summed E-state index contributed by atoms with van der Waals surface area (Å²) in [5.74, 6) is 0.441. The maximum atomic E-state index is 2.75. The lowest BCUT2D eigenvalue weighted by Gasteiger charge is -2.53. The maximum absolute atomic E-state index is 2.75. The molecule has 0 amide bonds. The smallest absolute Gasteiger partial charge is 0.333 e. The van der Waals surface area contributed by atoms with Crippen molar-refractivity contribution >= 4 is 83.1 Å². The summed E-state index contributed by atoms with van der Waals surface area (Å²) in [7, 11) is -3.84. The van der Waals surface area contributed by atoms with Gasteiger partial charge >= 0.3 is 6.85 Å². The molecule has 0 saturated heterocycles. The molecule has 42 heavy (non-hydrogen) atoms. The molecule has 9 rings (SSSR count). The summed E-state index contributed by atoms with van der Waals surface area (Å²) in [5.41, 5.74) is 14.2. The normalized spacial score (nSPS) is 17.3. The highest BCUT2D eigenvalue weighted by Gasteiger charge is 2.52. The van der Waals surface area contributed by atoms with Gasteiger partial charge in [-0.1, -0.05) is 119 Å². The Bertz CT molecular complexity index is 2010. The number of hydrogen-bond acceptors (Lipinski definition) is 2. The second-order valence-corrected chi connectivity index (χ2v) is 22.6. The van der Waals surface area contributed by atoms with Gasteiger partial charge in [0.15, 0.2) is 0 Å². The van der Waals surface area contributed by atoms with E-state index in [0.29, 0.717) is 5.92 Å². The molecule has 0 spiro atoms. The van der Waals surface area contributed by atoms with Crippen LogP contribution < -0.4 is 41.4 Å². The van der Waals surface area contributed by atoms with Gasteiger partial charge in [-0.15, -0.1) is 0 Å². The van der Waals surface area contributed by atoms with E-state index < -0.39 is 16.1 Å². The zero-order valence-electron chi connectivity index (χ0n) is 25.3. The molecule has 204 valence electrons. The molecule has 0 unspecified atom stereocenters. The van der Waals surface area contributed by atoms with Crippen molar-refractivity contribution in [3.63, 3.8) is 0 Å². The highest BCUT2D eigenvalue weighted by molar-refractivity contribution is 7.06. The molecule has 4 aliphatic rings. The van der Waals surface area contributed by atoms with Crippen LogP contribution in [0.15, 0.2) is 97.1 Å². The first kappa shape index (κ1) is 24.8. The first-order chi connectivity index (χ1) is 20.2. The van der Waals surface area contributed by atoms with E-state index in [4.69, 9.17) is 0 Å². The first-order valence-corrected chi connectivity index (χ1v) is 21.4. The average Bonchev–Trinajstić information content (AvgIpc) is 2.99. The predicted octanol–water partition coefficient (Wildman–Crippen LogP) is 5.79. The number of fused-ring (bicyclic) bond motifs is 8. The Labute approximate surface area is 251 Å². The van der Waals surface area contributed by atoms with Crippen molar-refractivity contribution in [2.24, 2.45) is 0 Å². The van der Waals surface area contributed by atoms with Crippen LogP contribution in [0.5, 0.6) is 0 Å². The minimum atomic E-state index is -1.93. The molecule has 0 bridgehead atoms. The summed E-state index contributed by atoms with van der Waals surface area (Å²) in [6.45, 7) is 15.0. The fourth-order valence-corrected chi connectivity index (χ4v) is 14.6. The summed E-state index contributed by atoms with van der Waals surface area (Å²) >= 11 is 0. The third-order valence-corrected chi connectivity index (χ3v) is 17.8. The molecule has 5 heteroatoms. The number of anilines is 5. The molecule has 0 fully saturated rings. The van der Waals surface area contributed by atoms with Crippen molar-refractivity contribution < 1.29 is 0 Å². The monoisotopic (exact) mass is 574 g/mol. The molecular weight excluding hydrogens is 539 g/mol. The van der Waals surface area contributed by atoms with E-state index in [2.05, 4.69) is 147 Å². The van der Waals surface area contributed by atoms with Gasteiger partial charge in [-0.25, -0.2) is 0 Å². The van der Waals surface area contributed by atoms with Gasteiger partial charge in [0.25, 0.3) is 0 Å². The van der Waals surface area contributed by atoms with Crippen LogP contribution in [0.2, 0.25) is 26.2 Å². The van der Waals surface area contributed by atoms with Crippen molar-refractivity contribution in [1.82, 2.24) is 0 Å². The third-order valence-electron chi connectivity index (χ3n) is 10.8. The average molecular weight is 575 g/mol. The molecule has 0 atom stereocenters. The number of benzene rings is 5. The van der Waals surface area contributed by atoms with Crippen LogP contribution in [0, 0.1) is 0 Å². The topological polar surface area (TPSA) is 6.48 Å². The molecule has 4 heterocycles. The number of hydrogen-bond donors (Lipinski definition) is 0. The fraction of sp³-hybridized carbons (Fsp3) is 0.189. The van der Waals surface area contributed by atoms with Crippen LogP contribution in [0.1, 0.15) is 25.3 Å². The molecule has 4 aliphatic heterocycles. The Morgan fingerprint density at radius 2 is 1.17 bits per heavy atom. The van der Waals surface area contributed by atoms with Crippen LogP contribution in [-0.2, 0) is 0 Å². The van der Waals surface area contributed by atoms with Gasteiger partial charge in [-0.05, 0) is 66.9 Å². The van der Waals surface area contributed by atoms with Crippen LogP contribution in [-0.4, -0.2) is 23.0 Å². The second-order valence-electron chi connectivity index (χ2n) is 14.0. The van der Waals surface area contributed by atoms with E-state index >= 15 is 0 Å². The van der Waals surface area contributed by atoms with E-state index in [0.717, 1.165) is 0 Å². The summed E-state index contributed by atoms with van der Waals surface area (Å²) in [6, 6.07) is 38.0. The van der Waals surface area contributed by atoms with Crippen LogP contribution in [0.25, 0.3) is 11.1 Å². The van der Waals surface area contributed by atoms with E-state index in [1.54, 1.807) is 15.6 Å². The minimum absolute atomic E-state index is 0.136. The summed E-state index contributed by atoms with van der Waals surface area (Å²) < 4.78 is 0. The molecule has 0 N–H and O–H groups in total. The van der Waals surface area contributed by atoms with Crippen molar-refractivity contribution in [3.8, 4) is 11.1 Å². The lowest BCUT2D eigenvalue weighted by atomic mass is 9.43. The highest BCUT2D eigenvalue weighted by Crippen LogP contribution is 2.49. The molecule has 2 nitrogen and oxygen atoms in total. The van der Waals surface area contributed by atoms with Crippen molar-refractivity contribution in [3.05, 3.63) is 103 Å². The molecule has 5 aromatic rings. The van der Waals surface area contributed by atoms with Gasteiger partial charge in [0, 0.05) is 34.0 Å². The van der Waals surface area contributed by atoms with Crippen molar-refractivity contribution in [2.45, 2.75) is 46.0 Å². The number of para-hydroxylation sites is 4. The van der Waals surface area contributed by atoms with E-state index in [1.165, 1.54) is 61.2 Å². The van der Waals surface area contributed by atoms with Gasteiger partial charge < -0.3 is 9.71 Å². The van der Waals surface area contributed by atoms with Gasteiger partial charge in [0.1, 0.15) is 16.1 Å². The Morgan fingerprint density at radius 1 is 0.571 bits per heavy atom. The Hall–Kier alpha value is -3.80. The Morgan fingerprint density at radius 3 is 1.88 bits per heavy atom. The lowest BCUT2D eigenvalue weighted by Crippen LogP contribution is -2.71. The number of nitrogens with zero attached hydrogens (tertiary/aromatic N) is 2. The molecular formula is C37H35BN2Si2. The minimum Gasteiger partial charge on any atom is -0.377 e. The SMILES string of the molecule is CC(C)c1cc2c3c(c1)N1c4ccccc4[Si](C)(C)c4cccc(c41)B3N1c3ccccc3[Si](C)(C)c3cccc-2c31. The first-order valence-electron chi connectivity index (χ1n) is 15.4. The zero-order chi connectivity index (χ0) is 28.7. The molecule has 0 radical (unpaired) electrons. The largest absolute Gasteiger partial charge is 0.377 e. The highest BCUT2D eigenvalue weighted by atomic mass is 28.3. The second kappa shape index (κ2) is 7.97. The summed E-state index contributed by atoms with van der Waals surface area (Å²) in [6.07, 6.45) is 0. The molecule has 0 saturated carbocycles. The Balaban J connectivity index is 1.48. The van der Waals surface area contributed by atoms with Gasteiger partial charge in [-0.3, -0.25) is 0 Å². The maximum Gasteiger partial charge on any atom is 0.333 e. The van der Waals surface area contributed by atoms with Crippen LogP contribution >= 0.6 is 0 Å². The van der Waals surface area contributed by atoms with Crippen molar-refractivity contribution in [1.29, 1.82) is 0 Å². The summed E-state index contributed by atoms with van der Waals surface area (Å²) in [4.78, 5) is 5.41. The standard InChI is InChI=1S/C37H35BN2Si2/c1-23(2)24-21-26-25-13-11-19-33-36(25)40(29-16-8-10-18-32(29)42(33,5)6)38-27-14-12-20-34-37(27)39(30(22-24)35(26)38)28-15-7-9-17-31(28)41(34,3)4/h7-23H,1-6H3. The number of rotatable bonds is 1. The van der Waals surface area contributed by atoms with Gasteiger partial charge in [0.2, 0.25) is 0 Å². The molecule has 5 aromatic carbocycles. The quantitative estimate of drug-likeness (QED) is 0.234. The van der Waals surface area contributed by atoms with E-state index in [-0.39, 0.29) is 6.85 Å². The third kappa shape index (κ3) is 2.82. The fourth-order valence-electron chi connectivity index (χ4n) is 8.63. The van der Waals surface area contributed by atoms with Crippen molar-refractivity contribution in [2.75, 3.05) is 9.71 Å². The predicted molar refractivity (Wildman–Crippen MR) is 188 cm³/mol. The molecule has 0 aliphatic carbocycles. The lowest BCUT2D eigenvalue weighted by molar-refractivity contribution is 0.867. The van der Waals surface area contributed by atoms with E-state index in [1.807, 2.05) is 0 Å². The van der Waals surface area contributed by atoms with Gasteiger partial charge in [-0.2, -0.15) is 0 Å². The Kier molecular flexibility index (Phi) is 4.70. The molecule has 0 aromatic heterocycles. The van der Waals surface area contributed by atoms with Crippen LogP contribution in [0.4, 0.5) is 28.4 Å². The van der Waals surface area contributed by atoms with Gasteiger partial charge in [0.05, 0.1) is 0 Å². The zero-order valence-corrected chi connectivity index (χ0v) is 27.3. The van der Waals surface area contributed by atoms with E-state index in [9.17, 15) is 0 Å².